The molecule has 0 spiro atoms. The van der Waals surface area contributed by atoms with Crippen LogP contribution in [-0.4, -0.2) is 40.7 Å². The lowest BCUT2D eigenvalue weighted by atomic mass is 9.82. The summed E-state index contributed by atoms with van der Waals surface area (Å²) in [5.41, 5.74) is 0. The fraction of sp³-hybridized carbons (Fsp3) is 0.611. The molecule has 1 aliphatic heterocycles. The maximum atomic E-state index is 12.5. The molecule has 1 heterocycles. The van der Waals surface area contributed by atoms with Crippen LogP contribution in [0.2, 0.25) is 0 Å². The van der Waals surface area contributed by atoms with Crippen LogP contribution in [0.4, 0.5) is 0 Å². The Morgan fingerprint density at radius 2 is 2.04 bits per heavy atom. The fourth-order valence-electron chi connectivity index (χ4n) is 3.36. The largest absolute Gasteiger partial charge is 0.390 e. The van der Waals surface area contributed by atoms with Crippen LogP contribution in [0.1, 0.15) is 33.1 Å². The van der Waals surface area contributed by atoms with Gasteiger partial charge in [-0.3, -0.25) is 4.79 Å². The van der Waals surface area contributed by atoms with Crippen molar-refractivity contribution in [2.45, 2.75) is 61.3 Å². The summed E-state index contributed by atoms with van der Waals surface area (Å²) in [6, 6.07) is 10.1. The highest BCUT2D eigenvalue weighted by Crippen LogP contribution is 2.39. The van der Waals surface area contributed by atoms with Crippen LogP contribution in [0.5, 0.6) is 0 Å². The molecule has 23 heavy (non-hydrogen) atoms. The first-order chi connectivity index (χ1) is 11.0. The van der Waals surface area contributed by atoms with Gasteiger partial charge in [-0.2, -0.15) is 0 Å². The zero-order valence-corrected chi connectivity index (χ0v) is 14.4. The highest BCUT2D eigenvalue weighted by atomic mass is 32.2. The van der Waals surface area contributed by atoms with E-state index >= 15 is 0 Å². The van der Waals surface area contributed by atoms with E-state index in [0.717, 1.165) is 17.7 Å². The Morgan fingerprint density at radius 3 is 2.70 bits per heavy atom. The standard InChI is InChI=1S/C18H24O4S/c1-18(2)21-11-14(22-18)17(20)16-13(19)9-6-10-15(16)23-12-7-4-3-5-8-12/h3-5,7-8,14-17,20H,6,9-11H2,1-2H3/t14-,15?,16?,17?/m0/s1. The second kappa shape index (κ2) is 6.93. The summed E-state index contributed by atoms with van der Waals surface area (Å²) in [5.74, 6) is -0.937. The average molecular weight is 336 g/mol. The van der Waals surface area contributed by atoms with Crippen LogP contribution in [0.15, 0.2) is 35.2 Å². The van der Waals surface area contributed by atoms with Gasteiger partial charge in [0, 0.05) is 16.6 Å². The zero-order valence-electron chi connectivity index (χ0n) is 13.6. The molecule has 1 aromatic rings. The van der Waals surface area contributed by atoms with Crippen molar-refractivity contribution in [1.82, 2.24) is 0 Å². The summed E-state index contributed by atoms with van der Waals surface area (Å²) in [6.45, 7) is 4.00. The van der Waals surface area contributed by atoms with Gasteiger partial charge in [0.15, 0.2) is 5.79 Å². The number of carbonyl (C=O) groups excluding carboxylic acids is 1. The van der Waals surface area contributed by atoms with Gasteiger partial charge in [0.05, 0.1) is 18.6 Å². The van der Waals surface area contributed by atoms with Crippen LogP contribution in [0.3, 0.4) is 0 Å². The van der Waals surface area contributed by atoms with Crippen molar-refractivity contribution < 1.29 is 19.4 Å². The molecule has 3 unspecified atom stereocenters. The normalized spacial score (nSPS) is 32.0. The Bertz CT molecular complexity index is 545. The van der Waals surface area contributed by atoms with E-state index in [2.05, 4.69) is 0 Å². The molecular formula is C18H24O4S. The second-order valence-corrected chi connectivity index (χ2v) is 8.02. The van der Waals surface area contributed by atoms with Gasteiger partial charge in [0.25, 0.3) is 0 Å². The first kappa shape index (κ1) is 17.0. The summed E-state index contributed by atoms with van der Waals surface area (Å²) in [6.07, 6.45) is 1.12. The minimum absolute atomic E-state index is 0.0842. The highest BCUT2D eigenvalue weighted by molar-refractivity contribution is 8.00. The Balaban J connectivity index is 1.74. The predicted octanol–water partition coefficient (Wildman–Crippen LogP) is 3.03. The molecule has 2 aliphatic rings. The maximum Gasteiger partial charge on any atom is 0.163 e. The Hall–Kier alpha value is -0.880. The molecular weight excluding hydrogens is 312 g/mol. The minimum atomic E-state index is -0.814. The summed E-state index contributed by atoms with van der Waals surface area (Å²) in [4.78, 5) is 13.6. The summed E-state index contributed by atoms with van der Waals surface area (Å²) >= 11 is 1.69. The van der Waals surface area contributed by atoms with E-state index in [1.54, 1.807) is 11.8 Å². The Kier molecular flexibility index (Phi) is 5.11. The number of ether oxygens (including phenoxy) is 2. The van der Waals surface area contributed by atoms with Crippen LogP contribution >= 0.6 is 11.8 Å². The third-order valence-electron chi connectivity index (χ3n) is 4.49. The number of carbonyl (C=O) groups is 1. The smallest absolute Gasteiger partial charge is 0.163 e. The van der Waals surface area contributed by atoms with Crippen LogP contribution in [0.25, 0.3) is 0 Å². The molecule has 126 valence electrons. The van der Waals surface area contributed by atoms with E-state index in [1.165, 1.54) is 0 Å². The number of rotatable bonds is 4. The highest BCUT2D eigenvalue weighted by Gasteiger charge is 2.45. The molecule has 0 aromatic heterocycles. The molecule has 1 aromatic carbocycles. The number of hydrogen-bond donors (Lipinski definition) is 1. The van der Waals surface area contributed by atoms with Gasteiger partial charge in [-0.1, -0.05) is 18.2 Å². The average Bonchev–Trinajstić information content (AvgIpc) is 2.88. The van der Waals surface area contributed by atoms with Gasteiger partial charge in [-0.25, -0.2) is 0 Å². The quantitative estimate of drug-likeness (QED) is 0.916. The first-order valence-electron chi connectivity index (χ1n) is 8.20. The number of Topliss-reactive ketones (excluding diaryl/α,β-unsaturated/α-hetero) is 1. The van der Waals surface area contributed by atoms with Crippen molar-refractivity contribution in [3.05, 3.63) is 30.3 Å². The molecule has 0 amide bonds. The van der Waals surface area contributed by atoms with Gasteiger partial charge < -0.3 is 14.6 Å². The maximum absolute atomic E-state index is 12.5. The summed E-state index contributed by atoms with van der Waals surface area (Å²) < 4.78 is 11.3. The van der Waals surface area contributed by atoms with Gasteiger partial charge in [-0.15, -0.1) is 11.8 Å². The van der Waals surface area contributed by atoms with Crippen LogP contribution < -0.4 is 0 Å². The van der Waals surface area contributed by atoms with Crippen molar-refractivity contribution in [1.29, 1.82) is 0 Å². The first-order valence-corrected chi connectivity index (χ1v) is 9.08. The van der Waals surface area contributed by atoms with Gasteiger partial charge >= 0.3 is 0 Å². The molecule has 1 aliphatic carbocycles. The van der Waals surface area contributed by atoms with Gasteiger partial charge in [-0.05, 0) is 38.8 Å². The number of aliphatic hydroxyl groups is 1. The number of hydrogen-bond acceptors (Lipinski definition) is 5. The third-order valence-corrected chi connectivity index (χ3v) is 5.87. The molecule has 4 atom stereocenters. The molecule has 2 fully saturated rings. The number of ketones is 1. The molecule has 1 N–H and O–H groups in total. The molecule has 1 saturated carbocycles. The molecule has 0 bridgehead atoms. The van der Waals surface area contributed by atoms with Gasteiger partial charge in [0.1, 0.15) is 11.9 Å². The lowest BCUT2D eigenvalue weighted by Gasteiger charge is -2.35. The third kappa shape index (κ3) is 3.97. The van der Waals surface area contributed by atoms with Crippen LogP contribution in [-0.2, 0) is 14.3 Å². The SMILES string of the molecule is CC1(C)OC[C@@H](C(O)C2C(=O)CCCC2Sc2ccccc2)O1. The van der Waals surface area contributed by atoms with Crippen molar-refractivity contribution in [2.75, 3.05) is 6.61 Å². The second-order valence-electron chi connectivity index (χ2n) is 6.71. The number of aliphatic hydroxyl groups excluding tert-OH is 1. The topological polar surface area (TPSA) is 55.8 Å². The fourth-order valence-corrected chi connectivity index (χ4v) is 4.77. The molecule has 1 saturated heterocycles. The van der Waals surface area contributed by atoms with E-state index < -0.39 is 23.9 Å². The molecule has 5 heteroatoms. The van der Waals surface area contributed by atoms with Crippen molar-refractivity contribution in [3.63, 3.8) is 0 Å². The van der Waals surface area contributed by atoms with E-state index in [0.29, 0.717) is 13.0 Å². The summed E-state index contributed by atoms with van der Waals surface area (Å²) in [7, 11) is 0. The molecule has 4 nitrogen and oxygen atoms in total. The van der Waals surface area contributed by atoms with E-state index in [-0.39, 0.29) is 11.0 Å². The zero-order chi connectivity index (χ0) is 16.4. The number of benzene rings is 1. The van der Waals surface area contributed by atoms with Crippen molar-refractivity contribution in [2.24, 2.45) is 5.92 Å². The predicted molar refractivity (Wildman–Crippen MR) is 89.3 cm³/mol. The van der Waals surface area contributed by atoms with E-state index in [9.17, 15) is 9.90 Å². The molecule has 3 rings (SSSR count). The van der Waals surface area contributed by atoms with E-state index in [4.69, 9.17) is 9.47 Å². The Morgan fingerprint density at radius 1 is 1.30 bits per heavy atom. The van der Waals surface area contributed by atoms with Gasteiger partial charge in [0.2, 0.25) is 0 Å². The lowest BCUT2D eigenvalue weighted by Crippen LogP contribution is -2.46. The van der Waals surface area contributed by atoms with E-state index in [1.807, 2.05) is 44.2 Å². The van der Waals surface area contributed by atoms with Crippen molar-refractivity contribution >= 4 is 17.5 Å². The Labute approximate surface area is 141 Å². The summed E-state index contributed by atoms with van der Waals surface area (Å²) in [5, 5.41) is 10.9. The van der Waals surface area contributed by atoms with Crippen molar-refractivity contribution in [3.8, 4) is 0 Å². The number of thioether (sulfide) groups is 1. The monoisotopic (exact) mass is 336 g/mol. The van der Waals surface area contributed by atoms with Crippen LogP contribution in [0, 0.1) is 5.92 Å². The minimum Gasteiger partial charge on any atom is -0.390 e. The lowest BCUT2D eigenvalue weighted by molar-refractivity contribution is -0.159. The molecule has 0 radical (unpaired) electrons.